The molecule has 2 rings (SSSR count). The van der Waals surface area contributed by atoms with Crippen molar-refractivity contribution in [3.8, 4) is 5.75 Å². The lowest BCUT2D eigenvalue weighted by atomic mass is 10.0. The summed E-state index contributed by atoms with van der Waals surface area (Å²) in [6, 6.07) is 8.15. The quantitative estimate of drug-likeness (QED) is 0.779. The molecule has 86 valence electrons. The van der Waals surface area contributed by atoms with E-state index in [1.54, 1.807) is 12.2 Å². The predicted molar refractivity (Wildman–Crippen MR) is 63.1 cm³/mol. The van der Waals surface area contributed by atoms with Crippen LogP contribution in [0.5, 0.6) is 5.75 Å². The van der Waals surface area contributed by atoms with Gasteiger partial charge in [0.05, 0.1) is 7.11 Å². The van der Waals surface area contributed by atoms with Gasteiger partial charge in [-0.15, -0.1) is 0 Å². The van der Waals surface area contributed by atoms with E-state index in [9.17, 15) is 0 Å². The molecule has 3 heteroatoms. The summed E-state index contributed by atoms with van der Waals surface area (Å²) in [6.45, 7) is 2.07. The van der Waals surface area contributed by atoms with Crippen LogP contribution in [0.2, 0.25) is 0 Å². The zero-order chi connectivity index (χ0) is 11.5. The summed E-state index contributed by atoms with van der Waals surface area (Å²) in [6.07, 6.45) is 3.15. The molecule has 0 radical (unpaired) electrons. The van der Waals surface area contributed by atoms with Crippen molar-refractivity contribution in [3.05, 3.63) is 41.6 Å². The zero-order valence-corrected chi connectivity index (χ0v) is 9.93. The van der Waals surface area contributed by atoms with E-state index in [0.717, 1.165) is 12.2 Å². The molecule has 1 aromatic rings. The average molecular weight is 219 g/mol. The monoisotopic (exact) mass is 219 g/mol. The summed E-state index contributed by atoms with van der Waals surface area (Å²) >= 11 is 0. The van der Waals surface area contributed by atoms with E-state index in [4.69, 9.17) is 9.57 Å². The van der Waals surface area contributed by atoms with Gasteiger partial charge in [-0.3, -0.25) is 9.90 Å². The van der Waals surface area contributed by atoms with Crippen molar-refractivity contribution in [2.75, 3.05) is 14.2 Å². The fourth-order valence-electron chi connectivity index (χ4n) is 1.85. The molecule has 0 bridgehead atoms. The summed E-state index contributed by atoms with van der Waals surface area (Å²) in [5.41, 5.74) is 2.57. The minimum Gasteiger partial charge on any atom is -0.497 e. The Labute approximate surface area is 96.2 Å². The van der Waals surface area contributed by atoms with Crippen LogP contribution in [0.4, 0.5) is 0 Å². The molecule has 1 aliphatic heterocycles. The molecule has 0 fully saturated rings. The third-order valence-corrected chi connectivity index (χ3v) is 2.76. The molecule has 0 aliphatic carbocycles. The summed E-state index contributed by atoms with van der Waals surface area (Å²) in [5.74, 6) is 0.894. The summed E-state index contributed by atoms with van der Waals surface area (Å²) in [4.78, 5) is 5.51. The van der Waals surface area contributed by atoms with Crippen molar-refractivity contribution in [2.24, 2.45) is 0 Å². The Kier molecular flexibility index (Phi) is 3.15. The highest BCUT2D eigenvalue weighted by atomic mass is 16.7. The molecule has 16 heavy (non-hydrogen) atoms. The molecule has 1 aromatic carbocycles. The van der Waals surface area contributed by atoms with Crippen molar-refractivity contribution in [1.29, 1.82) is 0 Å². The number of ether oxygens (including phenoxy) is 1. The minimum absolute atomic E-state index is 0.173. The first kappa shape index (κ1) is 11.0. The Balaban J connectivity index is 2.06. The molecule has 0 N–H and O–H groups in total. The molecule has 1 heterocycles. The lowest BCUT2D eigenvalue weighted by Crippen LogP contribution is -2.12. The van der Waals surface area contributed by atoms with E-state index in [2.05, 4.69) is 25.3 Å². The fraction of sp³-hybridized carbons (Fsp3) is 0.385. The lowest BCUT2D eigenvalue weighted by Gasteiger charge is -2.10. The third kappa shape index (κ3) is 2.36. The Morgan fingerprint density at radius 1 is 1.31 bits per heavy atom. The summed E-state index contributed by atoms with van der Waals surface area (Å²) < 4.78 is 5.13. The van der Waals surface area contributed by atoms with Gasteiger partial charge in [-0.05, 0) is 36.6 Å². The minimum atomic E-state index is 0.173. The van der Waals surface area contributed by atoms with Crippen LogP contribution in [0.25, 0.3) is 0 Å². The van der Waals surface area contributed by atoms with Crippen LogP contribution in [-0.2, 0) is 11.3 Å². The van der Waals surface area contributed by atoms with Crippen molar-refractivity contribution in [3.63, 3.8) is 0 Å². The van der Waals surface area contributed by atoms with Crippen molar-refractivity contribution < 1.29 is 9.57 Å². The van der Waals surface area contributed by atoms with Crippen LogP contribution in [0.15, 0.2) is 36.0 Å². The maximum Gasteiger partial charge on any atom is 0.118 e. The van der Waals surface area contributed by atoms with Crippen LogP contribution in [-0.4, -0.2) is 25.3 Å². The zero-order valence-electron chi connectivity index (χ0n) is 9.93. The van der Waals surface area contributed by atoms with Crippen LogP contribution < -0.4 is 4.74 Å². The second-order valence-corrected chi connectivity index (χ2v) is 4.02. The van der Waals surface area contributed by atoms with Crippen molar-refractivity contribution in [1.82, 2.24) is 5.06 Å². The fourth-order valence-corrected chi connectivity index (χ4v) is 1.85. The van der Waals surface area contributed by atoms with Gasteiger partial charge in [0.25, 0.3) is 0 Å². The van der Waals surface area contributed by atoms with Crippen LogP contribution in [0.3, 0.4) is 0 Å². The van der Waals surface area contributed by atoms with Crippen LogP contribution in [0, 0.1) is 0 Å². The summed E-state index contributed by atoms with van der Waals surface area (Å²) in [7, 11) is 3.59. The van der Waals surface area contributed by atoms with Crippen LogP contribution in [0.1, 0.15) is 12.5 Å². The van der Waals surface area contributed by atoms with Gasteiger partial charge in [0.15, 0.2) is 0 Å². The van der Waals surface area contributed by atoms with Gasteiger partial charge >= 0.3 is 0 Å². The van der Waals surface area contributed by atoms with Gasteiger partial charge in [-0.1, -0.05) is 12.1 Å². The van der Waals surface area contributed by atoms with Crippen molar-refractivity contribution in [2.45, 2.75) is 19.4 Å². The SMILES string of the molecule is COc1ccc(CC2=CN(C)OC2C)cc1. The van der Waals surface area contributed by atoms with Gasteiger partial charge < -0.3 is 4.74 Å². The van der Waals surface area contributed by atoms with E-state index in [1.165, 1.54) is 11.1 Å². The molecular formula is C13H17NO2. The first-order valence-corrected chi connectivity index (χ1v) is 5.42. The van der Waals surface area contributed by atoms with Gasteiger partial charge in [0, 0.05) is 13.2 Å². The number of hydrogen-bond acceptors (Lipinski definition) is 3. The highest BCUT2D eigenvalue weighted by Gasteiger charge is 2.18. The number of benzene rings is 1. The largest absolute Gasteiger partial charge is 0.497 e. The van der Waals surface area contributed by atoms with Gasteiger partial charge in [-0.2, -0.15) is 0 Å². The molecule has 1 unspecified atom stereocenters. The molecule has 0 spiro atoms. The molecule has 1 aliphatic rings. The number of methoxy groups -OCH3 is 1. The molecule has 1 atom stereocenters. The Morgan fingerprint density at radius 3 is 2.50 bits per heavy atom. The highest BCUT2D eigenvalue weighted by Crippen LogP contribution is 2.22. The van der Waals surface area contributed by atoms with E-state index in [-0.39, 0.29) is 6.10 Å². The Bertz CT molecular complexity index is 383. The maximum absolute atomic E-state index is 5.51. The number of rotatable bonds is 3. The Hall–Kier alpha value is -1.48. The predicted octanol–water partition coefficient (Wildman–Crippen LogP) is 2.39. The molecule has 3 nitrogen and oxygen atoms in total. The smallest absolute Gasteiger partial charge is 0.118 e. The average Bonchev–Trinajstić information content (AvgIpc) is 2.59. The summed E-state index contributed by atoms with van der Waals surface area (Å²) in [5, 5.41) is 1.77. The topological polar surface area (TPSA) is 21.7 Å². The lowest BCUT2D eigenvalue weighted by molar-refractivity contribution is -0.105. The van der Waals surface area contributed by atoms with Gasteiger partial charge in [0.1, 0.15) is 11.9 Å². The number of nitrogens with zero attached hydrogens (tertiary/aromatic N) is 1. The third-order valence-electron chi connectivity index (χ3n) is 2.76. The van der Waals surface area contributed by atoms with Crippen LogP contribution >= 0.6 is 0 Å². The molecule has 0 saturated carbocycles. The number of hydrogen-bond donors (Lipinski definition) is 0. The van der Waals surface area contributed by atoms with E-state index < -0.39 is 0 Å². The second-order valence-electron chi connectivity index (χ2n) is 4.02. The van der Waals surface area contributed by atoms with Gasteiger partial charge in [0.2, 0.25) is 0 Å². The van der Waals surface area contributed by atoms with Gasteiger partial charge in [-0.25, -0.2) is 0 Å². The van der Waals surface area contributed by atoms with E-state index >= 15 is 0 Å². The van der Waals surface area contributed by atoms with Crippen molar-refractivity contribution >= 4 is 0 Å². The Morgan fingerprint density at radius 2 is 2.00 bits per heavy atom. The normalized spacial score (nSPS) is 19.8. The standard InChI is InChI=1S/C13H17NO2/c1-10-12(9-14(2)16-10)8-11-4-6-13(15-3)7-5-11/h4-7,9-10H,8H2,1-3H3. The molecular weight excluding hydrogens is 202 g/mol. The molecule has 0 amide bonds. The first-order chi connectivity index (χ1) is 7.69. The second kappa shape index (κ2) is 4.58. The molecule has 0 aromatic heterocycles. The molecule has 0 saturated heterocycles. The maximum atomic E-state index is 5.51. The number of hydroxylamine groups is 2. The first-order valence-electron chi connectivity index (χ1n) is 5.42. The van der Waals surface area contributed by atoms with E-state index in [0.29, 0.717) is 0 Å². The van der Waals surface area contributed by atoms with E-state index in [1.807, 2.05) is 19.2 Å². The highest BCUT2D eigenvalue weighted by molar-refractivity contribution is 5.30.